The molecule has 0 spiro atoms. The molecule has 1 aliphatic heterocycles. The molecule has 5 rings (SSSR count). The summed E-state index contributed by atoms with van der Waals surface area (Å²) in [6.07, 6.45) is 3.23. The Bertz CT molecular complexity index is 1340. The Balaban J connectivity index is 1.79. The van der Waals surface area contributed by atoms with E-state index in [4.69, 9.17) is 0 Å². The summed E-state index contributed by atoms with van der Waals surface area (Å²) in [4.78, 5) is 38.0. The minimum atomic E-state index is -0.326. The van der Waals surface area contributed by atoms with Gasteiger partial charge in [-0.15, -0.1) is 11.3 Å². The second-order valence-corrected chi connectivity index (χ2v) is 8.74. The molecule has 1 fully saturated rings. The molecule has 1 aromatic carbocycles. The van der Waals surface area contributed by atoms with Crippen molar-refractivity contribution in [3.8, 4) is 0 Å². The summed E-state index contributed by atoms with van der Waals surface area (Å²) in [6, 6.07) is 7.94. The van der Waals surface area contributed by atoms with Gasteiger partial charge in [0.2, 0.25) is 11.4 Å². The molecule has 8 nitrogen and oxygen atoms in total. The van der Waals surface area contributed by atoms with Gasteiger partial charge in [-0.3, -0.25) is 14.0 Å². The second kappa shape index (κ2) is 7.33. The van der Waals surface area contributed by atoms with Crippen molar-refractivity contribution in [2.24, 2.45) is 0 Å². The number of carbonyl (C=O) groups excluding carboxylic acids is 1. The first-order chi connectivity index (χ1) is 14.5. The third-order valence-electron chi connectivity index (χ3n) is 5.47. The number of thiazole rings is 1. The highest BCUT2D eigenvalue weighted by Gasteiger charge is 2.25. The van der Waals surface area contributed by atoms with E-state index in [1.165, 1.54) is 17.5 Å². The molecule has 0 atom stereocenters. The van der Waals surface area contributed by atoms with E-state index in [9.17, 15) is 9.59 Å². The van der Waals surface area contributed by atoms with Gasteiger partial charge in [-0.05, 0) is 38.1 Å². The highest BCUT2D eigenvalue weighted by atomic mass is 32.1. The number of fused-ring (bicyclic) bond motifs is 5. The molecule has 0 saturated carbocycles. The average Bonchev–Trinajstić information content (AvgIpc) is 3.13. The molecule has 3 aromatic heterocycles. The minimum Gasteiger partial charge on any atom is -0.349 e. The number of benzene rings is 1. The lowest BCUT2D eigenvalue weighted by molar-refractivity contribution is 0.0930. The fourth-order valence-corrected chi connectivity index (χ4v) is 5.11. The predicted octanol–water partition coefficient (Wildman–Crippen LogP) is 2.01. The number of para-hydroxylation sites is 1. The van der Waals surface area contributed by atoms with Gasteiger partial charge in [-0.25, -0.2) is 4.98 Å². The summed E-state index contributed by atoms with van der Waals surface area (Å²) in [5.74, 6) is 0.187. The monoisotopic (exact) mass is 422 g/mol. The Morgan fingerprint density at radius 1 is 1.27 bits per heavy atom. The van der Waals surface area contributed by atoms with E-state index in [0.717, 1.165) is 36.1 Å². The number of hydrogen-bond donors (Lipinski definition) is 2. The lowest BCUT2D eigenvalue weighted by Crippen LogP contribution is -2.44. The molecule has 4 aromatic rings. The van der Waals surface area contributed by atoms with Crippen LogP contribution in [0.3, 0.4) is 0 Å². The van der Waals surface area contributed by atoms with Gasteiger partial charge in [0.1, 0.15) is 10.4 Å². The highest BCUT2D eigenvalue weighted by Crippen LogP contribution is 2.30. The smallest absolute Gasteiger partial charge is 0.258 e. The number of pyridine rings is 1. The minimum absolute atomic E-state index is 0.0654. The fraction of sp³-hybridized carbons (Fsp3) is 0.333. The Hall–Kier alpha value is -3.04. The van der Waals surface area contributed by atoms with Crippen LogP contribution in [0, 0.1) is 0 Å². The first-order valence-electron chi connectivity index (χ1n) is 9.96. The molecule has 1 saturated heterocycles. The lowest BCUT2D eigenvalue weighted by Gasteiger charge is -2.23. The zero-order valence-corrected chi connectivity index (χ0v) is 17.6. The van der Waals surface area contributed by atoms with Crippen LogP contribution in [0.4, 0.5) is 5.95 Å². The Labute approximate surface area is 176 Å². The average molecular weight is 423 g/mol. The molecule has 1 amide bonds. The van der Waals surface area contributed by atoms with Crippen LogP contribution < -0.4 is 21.0 Å². The summed E-state index contributed by atoms with van der Waals surface area (Å²) in [5, 5.41) is 6.71. The molecule has 154 valence electrons. The van der Waals surface area contributed by atoms with E-state index in [0.29, 0.717) is 21.8 Å². The quantitative estimate of drug-likeness (QED) is 0.525. The lowest BCUT2D eigenvalue weighted by atomic mass is 10.1. The maximum atomic E-state index is 13.4. The van der Waals surface area contributed by atoms with Crippen molar-refractivity contribution in [2.45, 2.75) is 18.9 Å². The number of carbonyl (C=O) groups is 1. The summed E-state index contributed by atoms with van der Waals surface area (Å²) >= 11 is 1.44. The van der Waals surface area contributed by atoms with Crippen LogP contribution in [-0.2, 0) is 0 Å². The zero-order chi connectivity index (χ0) is 20.8. The van der Waals surface area contributed by atoms with Crippen molar-refractivity contribution in [1.29, 1.82) is 0 Å². The van der Waals surface area contributed by atoms with Crippen molar-refractivity contribution in [1.82, 2.24) is 25.0 Å². The number of amides is 1. The largest absolute Gasteiger partial charge is 0.349 e. The molecule has 2 N–H and O–H groups in total. The van der Waals surface area contributed by atoms with Gasteiger partial charge in [-0.2, -0.15) is 4.98 Å². The first kappa shape index (κ1) is 19.0. The zero-order valence-electron chi connectivity index (χ0n) is 16.8. The SMILES string of the molecule is CN(C)c1ncc2c(=O)c(C(=O)NC3CCNCC3)c3sc4ccccc4n3c2n1. The van der Waals surface area contributed by atoms with E-state index in [1.54, 1.807) is 4.90 Å². The first-order valence-corrected chi connectivity index (χ1v) is 10.8. The van der Waals surface area contributed by atoms with Crippen molar-refractivity contribution >= 4 is 49.3 Å². The van der Waals surface area contributed by atoms with Crippen LogP contribution in [0.2, 0.25) is 0 Å². The Morgan fingerprint density at radius 3 is 2.80 bits per heavy atom. The van der Waals surface area contributed by atoms with E-state index in [-0.39, 0.29) is 22.9 Å². The van der Waals surface area contributed by atoms with Crippen LogP contribution in [0.1, 0.15) is 23.2 Å². The van der Waals surface area contributed by atoms with Crippen LogP contribution in [0.25, 0.3) is 26.1 Å². The van der Waals surface area contributed by atoms with Crippen LogP contribution >= 0.6 is 11.3 Å². The second-order valence-electron chi connectivity index (χ2n) is 7.71. The predicted molar refractivity (Wildman–Crippen MR) is 120 cm³/mol. The maximum Gasteiger partial charge on any atom is 0.258 e. The van der Waals surface area contributed by atoms with Crippen molar-refractivity contribution in [3.05, 3.63) is 46.2 Å². The Kier molecular flexibility index (Phi) is 4.63. The summed E-state index contributed by atoms with van der Waals surface area (Å²) in [7, 11) is 3.71. The number of nitrogens with zero attached hydrogens (tertiary/aromatic N) is 4. The maximum absolute atomic E-state index is 13.4. The van der Waals surface area contributed by atoms with Gasteiger partial charge in [0.15, 0.2) is 5.65 Å². The van der Waals surface area contributed by atoms with Gasteiger partial charge in [0, 0.05) is 26.3 Å². The molecular weight excluding hydrogens is 400 g/mol. The molecule has 30 heavy (non-hydrogen) atoms. The number of hydrogen-bond acceptors (Lipinski definition) is 7. The third kappa shape index (κ3) is 3.01. The molecule has 1 aliphatic rings. The topological polar surface area (TPSA) is 91.6 Å². The Morgan fingerprint density at radius 2 is 2.03 bits per heavy atom. The molecule has 9 heteroatoms. The van der Waals surface area contributed by atoms with E-state index in [1.807, 2.05) is 42.8 Å². The van der Waals surface area contributed by atoms with Crippen molar-refractivity contribution < 1.29 is 4.79 Å². The van der Waals surface area contributed by atoms with Gasteiger partial charge in [-0.1, -0.05) is 12.1 Å². The van der Waals surface area contributed by atoms with Gasteiger partial charge < -0.3 is 15.5 Å². The molecule has 0 unspecified atom stereocenters. The van der Waals surface area contributed by atoms with Crippen LogP contribution in [-0.4, -0.2) is 53.5 Å². The fourth-order valence-electron chi connectivity index (χ4n) is 3.93. The van der Waals surface area contributed by atoms with Crippen LogP contribution in [0.5, 0.6) is 0 Å². The standard InChI is InChI=1S/C21H22N6O2S/c1-26(2)21-23-11-13-17(28)16(19(29)24-12-7-9-22-10-8-12)20-27(18(13)25-21)14-5-3-4-6-15(14)30-20/h3-6,11-12,22H,7-10H2,1-2H3,(H,24,29). The normalized spacial score (nSPS) is 15.1. The number of nitrogens with one attached hydrogen (secondary N) is 2. The van der Waals surface area contributed by atoms with Crippen LogP contribution in [0.15, 0.2) is 35.3 Å². The number of rotatable bonds is 3. The van der Waals surface area contributed by atoms with E-state index in [2.05, 4.69) is 20.6 Å². The third-order valence-corrected chi connectivity index (χ3v) is 6.62. The van der Waals surface area contributed by atoms with Gasteiger partial charge in [0.25, 0.3) is 5.91 Å². The van der Waals surface area contributed by atoms with E-state index < -0.39 is 0 Å². The molecule has 4 heterocycles. The summed E-state index contributed by atoms with van der Waals surface area (Å²) in [6.45, 7) is 1.72. The van der Waals surface area contributed by atoms with Gasteiger partial charge in [0.05, 0.1) is 15.6 Å². The molecule has 0 radical (unpaired) electrons. The van der Waals surface area contributed by atoms with Crippen molar-refractivity contribution in [2.75, 3.05) is 32.1 Å². The van der Waals surface area contributed by atoms with E-state index >= 15 is 0 Å². The molecule has 0 aliphatic carbocycles. The van der Waals surface area contributed by atoms with Gasteiger partial charge >= 0.3 is 0 Å². The number of anilines is 1. The molecular formula is C21H22N6O2S. The highest BCUT2D eigenvalue weighted by molar-refractivity contribution is 7.24. The summed E-state index contributed by atoms with van der Waals surface area (Å²) < 4.78 is 2.91. The number of piperidine rings is 1. The van der Waals surface area contributed by atoms with Crippen molar-refractivity contribution in [3.63, 3.8) is 0 Å². The number of aromatic nitrogens is 3. The molecule has 0 bridgehead atoms. The summed E-state index contributed by atoms with van der Waals surface area (Å²) in [5.41, 5.74) is 1.28.